The summed E-state index contributed by atoms with van der Waals surface area (Å²) in [4.78, 5) is 12.1. The molecule has 0 spiro atoms. The Bertz CT molecular complexity index is 914. The zero-order chi connectivity index (χ0) is 19.8. The van der Waals surface area contributed by atoms with Gasteiger partial charge in [0.05, 0.1) is 12.9 Å². The minimum atomic E-state index is -0.110. The van der Waals surface area contributed by atoms with E-state index in [0.29, 0.717) is 28.8 Å². The Morgan fingerprint density at radius 1 is 1.07 bits per heavy atom. The van der Waals surface area contributed by atoms with Gasteiger partial charge in [-0.2, -0.15) is 0 Å². The third-order valence-electron chi connectivity index (χ3n) is 3.94. The number of methoxy groups -OCH3 is 1. The van der Waals surface area contributed by atoms with Crippen LogP contribution in [0.2, 0.25) is 0 Å². The molecule has 6 nitrogen and oxygen atoms in total. The number of thioether (sulfide) groups is 1. The monoisotopic (exact) mass is 394 g/mol. The van der Waals surface area contributed by atoms with E-state index in [1.54, 1.807) is 13.2 Å². The summed E-state index contributed by atoms with van der Waals surface area (Å²) in [5.41, 5.74) is 3.12. The van der Waals surface area contributed by atoms with Crippen LogP contribution >= 0.6 is 11.8 Å². The summed E-state index contributed by atoms with van der Waals surface area (Å²) in [7, 11) is 1.59. The van der Waals surface area contributed by atoms with Crippen molar-refractivity contribution in [1.82, 2.24) is 10.2 Å². The zero-order valence-electron chi connectivity index (χ0n) is 15.8. The van der Waals surface area contributed by atoms with Crippen molar-refractivity contribution in [2.75, 3.05) is 23.5 Å². The van der Waals surface area contributed by atoms with Gasteiger partial charge in [0.2, 0.25) is 5.91 Å². The largest absolute Gasteiger partial charge is 0.497 e. The number of nitrogens with zero attached hydrogens (tertiary/aromatic N) is 2. The highest BCUT2D eigenvalue weighted by atomic mass is 32.2. The highest BCUT2D eigenvalue weighted by Gasteiger charge is 2.06. The molecule has 3 rings (SSSR count). The molecule has 0 aliphatic rings. The third-order valence-corrected chi connectivity index (χ3v) is 4.86. The van der Waals surface area contributed by atoms with Crippen molar-refractivity contribution in [2.45, 2.75) is 18.5 Å². The number of carbonyl (C=O) groups excluding carboxylic acids is 1. The second kappa shape index (κ2) is 9.75. The first kappa shape index (κ1) is 19.7. The minimum absolute atomic E-state index is 0.110. The van der Waals surface area contributed by atoms with E-state index in [4.69, 9.17) is 4.74 Å². The maximum atomic E-state index is 12.1. The number of amides is 1. The van der Waals surface area contributed by atoms with Crippen LogP contribution in [0.5, 0.6) is 5.75 Å². The lowest BCUT2D eigenvalue weighted by Crippen LogP contribution is -2.14. The van der Waals surface area contributed by atoms with Gasteiger partial charge in [0.25, 0.3) is 0 Å². The molecule has 0 aliphatic heterocycles. The van der Waals surface area contributed by atoms with Gasteiger partial charge in [-0.3, -0.25) is 4.79 Å². The number of hydrogen-bond donors (Lipinski definition) is 2. The van der Waals surface area contributed by atoms with Crippen LogP contribution in [0.1, 0.15) is 11.1 Å². The van der Waals surface area contributed by atoms with Gasteiger partial charge >= 0.3 is 0 Å². The van der Waals surface area contributed by atoms with Gasteiger partial charge in [0.15, 0.2) is 0 Å². The maximum Gasteiger partial charge on any atom is 0.234 e. The quantitative estimate of drug-likeness (QED) is 0.559. The second-order valence-electron chi connectivity index (χ2n) is 6.16. The number of aryl methyl sites for hydroxylation is 1. The fourth-order valence-corrected chi connectivity index (χ4v) is 3.04. The van der Waals surface area contributed by atoms with Gasteiger partial charge < -0.3 is 15.4 Å². The molecule has 2 aromatic carbocycles. The molecular formula is C21H22N4O2S. The number of benzene rings is 2. The lowest BCUT2D eigenvalue weighted by molar-refractivity contribution is -0.113. The van der Waals surface area contributed by atoms with Gasteiger partial charge in [-0.15, -0.1) is 10.2 Å². The number of hydrogen-bond acceptors (Lipinski definition) is 6. The molecular weight excluding hydrogens is 372 g/mol. The SMILES string of the molecule is COc1cccc(NC(=O)CSc2ccc(NCc3ccc(C)cc3)nn2)c1. The van der Waals surface area contributed by atoms with Crippen molar-refractivity contribution in [3.05, 3.63) is 71.8 Å². The van der Waals surface area contributed by atoms with E-state index < -0.39 is 0 Å². The van der Waals surface area contributed by atoms with Gasteiger partial charge in [-0.05, 0) is 36.8 Å². The molecule has 2 N–H and O–H groups in total. The van der Waals surface area contributed by atoms with E-state index in [-0.39, 0.29) is 11.7 Å². The number of nitrogens with one attached hydrogen (secondary N) is 2. The Labute approximate surface area is 168 Å². The average molecular weight is 395 g/mol. The molecule has 0 bridgehead atoms. The summed E-state index contributed by atoms with van der Waals surface area (Å²) in [6, 6.07) is 19.3. The van der Waals surface area contributed by atoms with Crippen LogP contribution in [0.15, 0.2) is 65.7 Å². The van der Waals surface area contributed by atoms with E-state index >= 15 is 0 Å². The molecule has 144 valence electrons. The first-order valence-corrected chi connectivity index (χ1v) is 9.81. The standard InChI is InChI=1S/C21H22N4O2S/c1-15-6-8-16(9-7-15)13-22-19-10-11-21(25-24-19)28-14-20(26)23-17-4-3-5-18(12-17)27-2/h3-12H,13-14H2,1-2H3,(H,22,24)(H,23,26). The van der Waals surface area contributed by atoms with Crippen molar-refractivity contribution >= 4 is 29.2 Å². The predicted molar refractivity (Wildman–Crippen MR) is 113 cm³/mol. The predicted octanol–water partition coefficient (Wildman–Crippen LogP) is 4.14. The summed E-state index contributed by atoms with van der Waals surface area (Å²) < 4.78 is 5.15. The fourth-order valence-electron chi connectivity index (χ4n) is 2.43. The summed E-state index contributed by atoms with van der Waals surface area (Å²) in [6.45, 7) is 2.75. The average Bonchev–Trinajstić information content (AvgIpc) is 2.73. The van der Waals surface area contributed by atoms with Crippen LogP contribution in [0.25, 0.3) is 0 Å². The Morgan fingerprint density at radius 3 is 2.61 bits per heavy atom. The van der Waals surface area contributed by atoms with Crippen LogP contribution in [-0.2, 0) is 11.3 Å². The minimum Gasteiger partial charge on any atom is -0.497 e. The van der Waals surface area contributed by atoms with Crippen molar-refractivity contribution in [2.24, 2.45) is 0 Å². The Morgan fingerprint density at radius 2 is 1.89 bits per heavy atom. The van der Waals surface area contributed by atoms with Crippen LogP contribution in [0.3, 0.4) is 0 Å². The maximum absolute atomic E-state index is 12.1. The Kier molecular flexibility index (Phi) is 6.86. The van der Waals surface area contributed by atoms with E-state index in [9.17, 15) is 4.79 Å². The van der Waals surface area contributed by atoms with E-state index in [0.717, 1.165) is 0 Å². The smallest absolute Gasteiger partial charge is 0.234 e. The normalized spacial score (nSPS) is 10.4. The molecule has 0 saturated heterocycles. The Balaban J connectivity index is 1.45. The van der Waals surface area contributed by atoms with Gasteiger partial charge in [0, 0.05) is 18.3 Å². The van der Waals surface area contributed by atoms with Gasteiger partial charge in [-0.1, -0.05) is 47.7 Å². The lowest BCUT2D eigenvalue weighted by atomic mass is 10.1. The number of ether oxygens (including phenoxy) is 1. The first-order chi connectivity index (χ1) is 13.6. The lowest BCUT2D eigenvalue weighted by Gasteiger charge is -2.07. The van der Waals surface area contributed by atoms with Gasteiger partial charge in [0.1, 0.15) is 16.6 Å². The molecule has 28 heavy (non-hydrogen) atoms. The molecule has 7 heteroatoms. The molecule has 3 aromatic rings. The van der Waals surface area contributed by atoms with Crippen molar-refractivity contribution in [3.8, 4) is 5.75 Å². The number of rotatable bonds is 8. The first-order valence-electron chi connectivity index (χ1n) is 8.82. The molecule has 1 heterocycles. The van der Waals surface area contributed by atoms with Crippen LogP contribution in [0.4, 0.5) is 11.5 Å². The van der Waals surface area contributed by atoms with E-state index in [1.165, 1.54) is 22.9 Å². The summed E-state index contributed by atoms with van der Waals surface area (Å²) in [5, 5.41) is 15.1. The van der Waals surface area contributed by atoms with Gasteiger partial charge in [-0.25, -0.2) is 0 Å². The Hall–Kier alpha value is -3.06. The number of aromatic nitrogens is 2. The molecule has 0 atom stereocenters. The molecule has 1 amide bonds. The van der Waals surface area contributed by atoms with Crippen molar-refractivity contribution in [3.63, 3.8) is 0 Å². The summed E-state index contributed by atoms with van der Waals surface area (Å²) in [6.07, 6.45) is 0. The molecule has 0 radical (unpaired) electrons. The molecule has 0 unspecified atom stereocenters. The highest BCUT2D eigenvalue weighted by molar-refractivity contribution is 7.99. The summed E-state index contributed by atoms with van der Waals surface area (Å²) >= 11 is 1.34. The topological polar surface area (TPSA) is 76.1 Å². The van der Waals surface area contributed by atoms with Crippen LogP contribution in [0, 0.1) is 6.92 Å². The molecule has 0 fully saturated rings. The van der Waals surface area contributed by atoms with Crippen LogP contribution < -0.4 is 15.4 Å². The number of anilines is 2. The molecule has 1 aromatic heterocycles. The highest BCUT2D eigenvalue weighted by Crippen LogP contribution is 2.19. The zero-order valence-corrected chi connectivity index (χ0v) is 16.6. The second-order valence-corrected chi connectivity index (χ2v) is 7.16. The third kappa shape index (κ3) is 5.99. The summed E-state index contributed by atoms with van der Waals surface area (Å²) in [5.74, 6) is 1.54. The van der Waals surface area contributed by atoms with E-state index in [1.807, 2.05) is 30.3 Å². The molecule has 0 aliphatic carbocycles. The fraction of sp³-hybridized carbons (Fsp3) is 0.190. The van der Waals surface area contributed by atoms with E-state index in [2.05, 4.69) is 52.0 Å². The number of carbonyl (C=O) groups is 1. The van der Waals surface area contributed by atoms with Crippen molar-refractivity contribution in [1.29, 1.82) is 0 Å². The molecule has 0 saturated carbocycles. The van der Waals surface area contributed by atoms with Crippen molar-refractivity contribution < 1.29 is 9.53 Å². The van der Waals surface area contributed by atoms with Crippen LogP contribution in [-0.4, -0.2) is 29.0 Å².